The molecule has 1 saturated heterocycles. The molecule has 0 atom stereocenters. The van der Waals surface area contributed by atoms with Crippen molar-refractivity contribution in [1.82, 2.24) is 29.9 Å². The third-order valence-corrected chi connectivity index (χ3v) is 6.52. The van der Waals surface area contributed by atoms with E-state index < -0.39 is 0 Å². The van der Waals surface area contributed by atoms with Crippen LogP contribution >= 0.6 is 11.6 Å². The topological polar surface area (TPSA) is 89.1 Å². The van der Waals surface area contributed by atoms with Crippen LogP contribution in [0.25, 0.3) is 11.4 Å². The van der Waals surface area contributed by atoms with Crippen molar-refractivity contribution in [2.75, 3.05) is 13.1 Å². The molecule has 4 aromatic rings. The number of aromatic nitrogens is 4. The number of halogens is 1. The molecular formula is C26H27ClN6O2. The third-order valence-electron chi connectivity index (χ3n) is 6.28. The van der Waals surface area contributed by atoms with Crippen LogP contribution in [-0.2, 0) is 24.4 Å². The number of nitrogens with zero attached hydrogens (tertiary/aromatic N) is 5. The number of likely N-dealkylation sites (tertiary alicyclic amines) is 1. The van der Waals surface area contributed by atoms with Crippen LogP contribution in [0.4, 0.5) is 0 Å². The number of carbonyl (C=O) groups excluding carboxylic acids is 1. The molecule has 5 rings (SSSR count). The Bertz CT molecular complexity index is 1250. The van der Waals surface area contributed by atoms with Crippen molar-refractivity contribution in [2.45, 2.75) is 32.5 Å². The molecule has 180 valence electrons. The van der Waals surface area contributed by atoms with Gasteiger partial charge in [-0.15, -0.1) is 0 Å². The maximum Gasteiger partial charge on any atom is 0.241 e. The fourth-order valence-electron chi connectivity index (χ4n) is 4.30. The average molecular weight is 491 g/mol. The van der Waals surface area contributed by atoms with E-state index in [2.05, 4.69) is 49.6 Å². The summed E-state index contributed by atoms with van der Waals surface area (Å²) in [6.07, 6.45) is 7.15. The lowest BCUT2D eigenvalue weighted by Crippen LogP contribution is -2.40. The predicted octanol–water partition coefficient (Wildman–Crippen LogP) is 4.16. The van der Waals surface area contributed by atoms with E-state index in [1.54, 1.807) is 12.5 Å². The van der Waals surface area contributed by atoms with Crippen LogP contribution in [0.1, 0.15) is 29.9 Å². The van der Waals surface area contributed by atoms with Crippen molar-refractivity contribution >= 4 is 17.5 Å². The molecule has 0 saturated carbocycles. The number of rotatable bonds is 8. The van der Waals surface area contributed by atoms with E-state index in [1.807, 2.05) is 35.0 Å². The second-order valence-corrected chi connectivity index (χ2v) is 9.28. The Morgan fingerprint density at radius 2 is 1.89 bits per heavy atom. The maximum atomic E-state index is 12.7. The number of hydrogen-bond donors (Lipinski definition) is 1. The third kappa shape index (κ3) is 6.15. The van der Waals surface area contributed by atoms with Gasteiger partial charge in [-0.1, -0.05) is 53.2 Å². The summed E-state index contributed by atoms with van der Waals surface area (Å²) in [6.45, 7) is 3.54. The standard InChI is InChI=1S/C26H27ClN6O2/c27-23-3-1-2-22(14-23)25-30-24(35-31-25)17-32-11-8-21(9-12-32)26(34)29-15-19-4-6-20(7-5-19)16-33-13-10-28-18-33/h1-7,10,13-14,18,21H,8-9,11-12,15-17H2,(H,29,34). The van der Waals surface area contributed by atoms with Crippen LogP contribution in [-0.4, -0.2) is 43.6 Å². The molecule has 1 aliphatic heterocycles. The molecule has 9 heteroatoms. The number of nitrogens with one attached hydrogen (secondary N) is 1. The molecule has 0 aliphatic carbocycles. The van der Waals surface area contributed by atoms with Crippen molar-refractivity contribution in [3.8, 4) is 11.4 Å². The minimum Gasteiger partial charge on any atom is -0.352 e. The zero-order valence-electron chi connectivity index (χ0n) is 19.3. The monoisotopic (exact) mass is 490 g/mol. The minimum atomic E-state index is 0.0245. The first-order chi connectivity index (χ1) is 17.1. The van der Waals surface area contributed by atoms with Gasteiger partial charge in [-0.25, -0.2) is 4.98 Å². The smallest absolute Gasteiger partial charge is 0.241 e. The first-order valence-corrected chi connectivity index (χ1v) is 12.1. The summed E-state index contributed by atoms with van der Waals surface area (Å²) in [7, 11) is 0. The van der Waals surface area contributed by atoms with Gasteiger partial charge in [-0.05, 0) is 49.2 Å². The number of hydrogen-bond acceptors (Lipinski definition) is 6. The van der Waals surface area contributed by atoms with E-state index in [0.29, 0.717) is 29.8 Å². The van der Waals surface area contributed by atoms with E-state index in [0.717, 1.165) is 43.6 Å². The molecule has 3 heterocycles. The Balaban J connectivity index is 1.06. The van der Waals surface area contributed by atoms with Crippen molar-refractivity contribution in [3.05, 3.63) is 89.3 Å². The van der Waals surface area contributed by atoms with Crippen LogP contribution in [0.15, 0.2) is 71.8 Å². The average Bonchev–Trinajstić information content (AvgIpc) is 3.56. The van der Waals surface area contributed by atoms with Gasteiger partial charge in [0.2, 0.25) is 17.6 Å². The first kappa shape index (κ1) is 23.3. The summed E-state index contributed by atoms with van der Waals surface area (Å²) in [5.74, 6) is 1.25. The summed E-state index contributed by atoms with van der Waals surface area (Å²) in [6, 6.07) is 15.7. The summed E-state index contributed by atoms with van der Waals surface area (Å²) >= 11 is 6.05. The molecule has 1 aliphatic rings. The summed E-state index contributed by atoms with van der Waals surface area (Å²) in [4.78, 5) is 23.5. The molecule has 2 aromatic heterocycles. The highest BCUT2D eigenvalue weighted by atomic mass is 35.5. The summed E-state index contributed by atoms with van der Waals surface area (Å²) < 4.78 is 7.46. The van der Waals surface area contributed by atoms with Gasteiger partial charge in [-0.3, -0.25) is 9.69 Å². The maximum absolute atomic E-state index is 12.7. The van der Waals surface area contributed by atoms with Crippen molar-refractivity contribution in [1.29, 1.82) is 0 Å². The van der Waals surface area contributed by atoms with Crippen molar-refractivity contribution < 1.29 is 9.32 Å². The molecule has 0 bridgehead atoms. The van der Waals surface area contributed by atoms with Crippen LogP contribution < -0.4 is 5.32 Å². The lowest BCUT2D eigenvalue weighted by atomic mass is 9.96. The van der Waals surface area contributed by atoms with Gasteiger partial charge < -0.3 is 14.4 Å². The van der Waals surface area contributed by atoms with Crippen molar-refractivity contribution in [3.63, 3.8) is 0 Å². The normalized spacial score (nSPS) is 14.8. The Hall–Kier alpha value is -3.49. The highest BCUT2D eigenvalue weighted by molar-refractivity contribution is 6.30. The van der Waals surface area contributed by atoms with E-state index in [-0.39, 0.29) is 11.8 Å². The molecule has 1 amide bonds. The molecular weight excluding hydrogens is 464 g/mol. The quantitative estimate of drug-likeness (QED) is 0.399. The molecule has 1 N–H and O–H groups in total. The molecule has 1 fully saturated rings. The second kappa shape index (κ2) is 10.8. The van der Waals surface area contributed by atoms with Gasteiger partial charge in [0, 0.05) is 42.0 Å². The highest BCUT2D eigenvalue weighted by Gasteiger charge is 2.26. The number of benzene rings is 2. The number of amides is 1. The minimum absolute atomic E-state index is 0.0245. The van der Waals surface area contributed by atoms with E-state index >= 15 is 0 Å². The van der Waals surface area contributed by atoms with Gasteiger partial charge in [0.1, 0.15) is 0 Å². The molecule has 0 unspecified atom stereocenters. The lowest BCUT2D eigenvalue weighted by Gasteiger charge is -2.30. The van der Waals surface area contributed by atoms with Gasteiger partial charge in [0.15, 0.2) is 0 Å². The molecule has 2 aromatic carbocycles. The Morgan fingerprint density at radius 1 is 1.09 bits per heavy atom. The molecule has 35 heavy (non-hydrogen) atoms. The van der Waals surface area contributed by atoms with E-state index in [4.69, 9.17) is 16.1 Å². The molecule has 8 nitrogen and oxygen atoms in total. The second-order valence-electron chi connectivity index (χ2n) is 8.84. The summed E-state index contributed by atoms with van der Waals surface area (Å²) in [5.41, 5.74) is 3.12. The SMILES string of the molecule is O=C(NCc1ccc(Cn2ccnc2)cc1)C1CCN(Cc2nc(-c3cccc(Cl)c3)no2)CC1. The van der Waals surface area contributed by atoms with Gasteiger partial charge in [-0.2, -0.15) is 4.98 Å². The van der Waals surface area contributed by atoms with Gasteiger partial charge in [0.25, 0.3) is 0 Å². The zero-order chi connectivity index (χ0) is 24.0. The Labute approximate surface area is 208 Å². The predicted molar refractivity (Wildman–Crippen MR) is 132 cm³/mol. The van der Waals surface area contributed by atoms with Crippen LogP contribution in [0.3, 0.4) is 0 Å². The largest absolute Gasteiger partial charge is 0.352 e. The van der Waals surface area contributed by atoms with Crippen LogP contribution in [0.5, 0.6) is 0 Å². The van der Waals surface area contributed by atoms with E-state index in [9.17, 15) is 4.79 Å². The first-order valence-electron chi connectivity index (χ1n) is 11.7. The number of imidazole rings is 1. The Kier molecular flexibility index (Phi) is 7.20. The number of carbonyl (C=O) groups is 1. The van der Waals surface area contributed by atoms with Crippen LogP contribution in [0.2, 0.25) is 5.02 Å². The fraction of sp³-hybridized carbons (Fsp3) is 0.308. The van der Waals surface area contributed by atoms with Gasteiger partial charge in [0.05, 0.1) is 12.9 Å². The Morgan fingerprint density at radius 3 is 2.63 bits per heavy atom. The molecule has 0 spiro atoms. The van der Waals surface area contributed by atoms with Crippen molar-refractivity contribution in [2.24, 2.45) is 5.92 Å². The zero-order valence-corrected chi connectivity index (χ0v) is 20.1. The fourth-order valence-corrected chi connectivity index (χ4v) is 4.49. The summed E-state index contributed by atoms with van der Waals surface area (Å²) in [5, 5.41) is 7.81. The van der Waals surface area contributed by atoms with E-state index in [1.165, 1.54) is 5.56 Å². The molecule has 0 radical (unpaired) electrons. The highest BCUT2D eigenvalue weighted by Crippen LogP contribution is 2.22. The van der Waals surface area contributed by atoms with Crippen LogP contribution in [0, 0.1) is 5.92 Å². The van der Waals surface area contributed by atoms with Gasteiger partial charge >= 0.3 is 0 Å². The number of piperidine rings is 1. The lowest BCUT2D eigenvalue weighted by molar-refractivity contribution is -0.126.